The summed E-state index contributed by atoms with van der Waals surface area (Å²) < 4.78 is 0. The number of hydrogen-bond acceptors (Lipinski definition) is 4. The van der Waals surface area contributed by atoms with Gasteiger partial charge in [0.15, 0.2) is 0 Å². The first-order valence-corrected chi connectivity index (χ1v) is 8.28. The Bertz CT molecular complexity index is 814. The zero-order chi connectivity index (χ0) is 16.9. The van der Waals surface area contributed by atoms with Gasteiger partial charge in [0.25, 0.3) is 5.91 Å². The Balaban J connectivity index is 1.77. The van der Waals surface area contributed by atoms with E-state index < -0.39 is 0 Å². The van der Waals surface area contributed by atoms with Crippen molar-refractivity contribution in [2.45, 2.75) is 6.92 Å². The monoisotopic (exact) mass is 336 g/mol. The van der Waals surface area contributed by atoms with Crippen molar-refractivity contribution >= 4 is 34.7 Å². The second-order valence-electron chi connectivity index (χ2n) is 5.29. The second-order valence-corrected chi connectivity index (χ2v) is 6.29. The molecule has 0 atom stereocenters. The Morgan fingerprint density at radius 2 is 1.62 bits per heavy atom. The highest BCUT2D eigenvalue weighted by Gasteiger charge is 2.35. The second kappa shape index (κ2) is 7.19. The molecule has 1 aliphatic rings. The summed E-state index contributed by atoms with van der Waals surface area (Å²) in [5, 5.41) is 0.712. The number of nitrogens with one attached hydrogen (secondary N) is 1. The van der Waals surface area contributed by atoms with Gasteiger partial charge >= 0.3 is 5.24 Å². The van der Waals surface area contributed by atoms with Gasteiger partial charge < -0.3 is 0 Å². The lowest BCUT2D eigenvalue weighted by molar-refractivity contribution is -0.121. The maximum atomic E-state index is 12.4. The smallest absolute Gasteiger partial charge is 0.288 e. The molecule has 2 aromatic rings. The van der Waals surface area contributed by atoms with E-state index in [0.29, 0.717) is 10.6 Å². The third-order valence-electron chi connectivity index (χ3n) is 3.36. The molecule has 0 spiro atoms. The van der Waals surface area contributed by atoms with Gasteiger partial charge in [0, 0.05) is 0 Å². The molecule has 1 saturated heterocycles. The quantitative estimate of drug-likeness (QED) is 0.823. The van der Waals surface area contributed by atoms with E-state index in [2.05, 4.69) is 5.43 Å². The normalized spacial score (nSPS) is 16.8. The lowest BCUT2D eigenvalue weighted by Gasteiger charge is -2.14. The van der Waals surface area contributed by atoms with Crippen LogP contribution in [0.3, 0.4) is 0 Å². The molecule has 1 aliphatic heterocycles. The highest BCUT2D eigenvalue weighted by atomic mass is 32.2. The average molecular weight is 336 g/mol. The van der Waals surface area contributed by atoms with Crippen LogP contribution in [0.1, 0.15) is 12.5 Å². The zero-order valence-electron chi connectivity index (χ0n) is 13.1. The summed E-state index contributed by atoms with van der Waals surface area (Å²) in [5.41, 5.74) is 5.50. The minimum Gasteiger partial charge on any atom is -0.288 e. The van der Waals surface area contributed by atoms with E-state index in [9.17, 15) is 9.59 Å². The van der Waals surface area contributed by atoms with Gasteiger partial charge in [-0.05, 0) is 48.0 Å². The molecule has 2 aromatic carbocycles. The molecular weight excluding hydrogens is 320 g/mol. The Morgan fingerprint density at radius 1 is 1.00 bits per heavy atom. The van der Waals surface area contributed by atoms with Crippen LogP contribution in [0.4, 0.5) is 10.5 Å². The summed E-state index contributed by atoms with van der Waals surface area (Å²) in [6.07, 6.45) is 3.71. The summed E-state index contributed by atoms with van der Waals surface area (Å²) in [6.45, 7) is 1.91. The van der Waals surface area contributed by atoms with Crippen LogP contribution in [0.2, 0.25) is 0 Å². The van der Waals surface area contributed by atoms with E-state index in [1.165, 1.54) is 0 Å². The molecule has 0 saturated carbocycles. The summed E-state index contributed by atoms with van der Waals surface area (Å²) in [4.78, 5) is 24.9. The Kier molecular flexibility index (Phi) is 4.82. The molecule has 1 fully saturated rings. The molecule has 0 aliphatic carbocycles. The Hall–Kier alpha value is -2.79. The van der Waals surface area contributed by atoms with Gasteiger partial charge in [0.1, 0.15) is 0 Å². The van der Waals surface area contributed by atoms with Crippen molar-refractivity contribution in [2.75, 3.05) is 5.43 Å². The fourth-order valence-corrected chi connectivity index (χ4v) is 3.10. The van der Waals surface area contributed by atoms with Crippen molar-refractivity contribution in [3.8, 4) is 0 Å². The predicted molar refractivity (Wildman–Crippen MR) is 98.1 cm³/mol. The highest BCUT2D eigenvalue weighted by Crippen LogP contribution is 2.31. The van der Waals surface area contributed by atoms with Crippen molar-refractivity contribution in [3.05, 3.63) is 82.8 Å². The van der Waals surface area contributed by atoms with Gasteiger partial charge in [-0.2, -0.15) is 5.01 Å². The fourth-order valence-electron chi connectivity index (χ4n) is 2.27. The number of benzene rings is 2. The molecular formula is C19H16N2O2S. The van der Waals surface area contributed by atoms with Crippen molar-refractivity contribution < 1.29 is 9.59 Å². The number of thioether (sulfide) groups is 1. The molecule has 120 valence electrons. The van der Waals surface area contributed by atoms with E-state index >= 15 is 0 Å². The minimum atomic E-state index is -0.338. The van der Waals surface area contributed by atoms with Crippen molar-refractivity contribution in [1.29, 1.82) is 0 Å². The molecule has 3 rings (SSSR count). The van der Waals surface area contributed by atoms with Crippen LogP contribution in [0.25, 0.3) is 6.08 Å². The summed E-state index contributed by atoms with van der Waals surface area (Å²) in [7, 11) is 0. The summed E-state index contributed by atoms with van der Waals surface area (Å²) >= 11 is 0.935. The minimum absolute atomic E-state index is 0.331. The number of anilines is 1. The molecule has 5 heteroatoms. The van der Waals surface area contributed by atoms with Crippen LogP contribution in [0, 0.1) is 0 Å². The topological polar surface area (TPSA) is 49.4 Å². The van der Waals surface area contributed by atoms with Crippen LogP contribution >= 0.6 is 11.8 Å². The van der Waals surface area contributed by atoms with Gasteiger partial charge in [-0.3, -0.25) is 15.0 Å². The number of para-hydroxylation sites is 1. The molecule has 0 radical (unpaired) electrons. The largest absolute Gasteiger partial charge is 0.312 e. The van der Waals surface area contributed by atoms with Gasteiger partial charge in [-0.25, -0.2) is 0 Å². The lowest BCUT2D eigenvalue weighted by atomic mass is 10.1. The number of imide groups is 1. The fraction of sp³-hybridized carbons (Fsp3) is 0.0526. The Labute approximate surface area is 144 Å². The van der Waals surface area contributed by atoms with E-state index in [4.69, 9.17) is 0 Å². The van der Waals surface area contributed by atoms with E-state index in [0.717, 1.165) is 27.9 Å². The summed E-state index contributed by atoms with van der Waals surface area (Å²) in [5.74, 6) is -0.338. The van der Waals surface area contributed by atoms with Crippen LogP contribution in [-0.2, 0) is 4.79 Å². The Morgan fingerprint density at radius 3 is 2.29 bits per heavy atom. The maximum Gasteiger partial charge on any atom is 0.312 e. The molecule has 4 nitrogen and oxygen atoms in total. The highest BCUT2D eigenvalue weighted by molar-refractivity contribution is 8.18. The number of hydrazine groups is 1. The third kappa shape index (κ3) is 3.75. The van der Waals surface area contributed by atoms with Crippen LogP contribution < -0.4 is 5.43 Å². The van der Waals surface area contributed by atoms with Crippen molar-refractivity contribution in [1.82, 2.24) is 5.01 Å². The molecule has 1 N–H and O–H groups in total. The molecule has 0 bridgehead atoms. The number of amides is 2. The number of hydrogen-bond donors (Lipinski definition) is 1. The van der Waals surface area contributed by atoms with E-state index in [-0.39, 0.29) is 11.1 Å². The maximum absolute atomic E-state index is 12.4. The van der Waals surface area contributed by atoms with Crippen LogP contribution in [0.5, 0.6) is 0 Å². The first kappa shape index (κ1) is 16.1. The van der Waals surface area contributed by atoms with Gasteiger partial charge in [0.2, 0.25) is 0 Å². The first-order valence-electron chi connectivity index (χ1n) is 7.46. The molecule has 1 heterocycles. The predicted octanol–water partition coefficient (Wildman–Crippen LogP) is 4.70. The molecule has 24 heavy (non-hydrogen) atoms. The van der Waals surface area contributed by atoms with Crippen molar-refractivity contribution in [3.63, 3.8) is 0 Å². The molecule has 0 unspecified atom stereocenters. The number of carbonyl (C=O) groups excluding carboxylic acids is 2. The molecule has 0 aromatic heterocycles. The average Bonchev–Trinajstić information content (AvgIpc) is 2.84. The third-order valence-corrected chi connectivity index (χ3v) is 4.23. The standard InChI is InChI=1S/C19H16N2O2S/c1-14(12-15-8-4-2-5-9-15)13-17-18(22)21(19(23)24-17)20-16-10-6-3-7-11-16/h2-13,20H,1H3/b14-12+,17-13+. The lowest BCUT2D eigenvalue weighted by Crippen LogP contribution is -2.33. The number of rotatable bonds is 4. The van der Waals surface area contributed by atoms with Gasteiger partial charge in [0.05, 0.1) is 10.6 Å². The van der Waals surface area contributed by atoms with Crippen LogP contribution in [0.15, 0.2) is 77.2 Å². The molecule has 2 amide bonds. The van der Waals surface area contributed by atoms with Gasteiger partial charge in [-0.1, -0.05) is 54.6 Å². The van der Waals surface area contributed by atoms with Crippen LogP contribution in [-0.4, -0.2) is 16.2 Å². The number of carbonyl (C=O) groups is 2. The number of nitrogens with zero attached hydrogens (tertiary/aromatic N) is 1. The van der Waals surface area contributed by atoms with E-state index in [1.54, 1.807) is 18.2 Å². The number of allylic oxidation sites excluding steroid dienone is 2. The van der Waals surface area contributed by atoms with Gasteiger partial charge in [-0.15, -0.1) is 0 Å². The zero-order valence-corrected chi connectivity index (χ0v) is 13.9. The first-order chi connectivity index (χ1) is 11.6. The SMILES string of the molecule is CC(=C\c1ccccc1)/C=C1/SC(=O)N(Nc2ccccc2)C1=O. The van der Waals surface area contributed by atoms with Crippen molar-refractivity contribution in [2.24, 2.45) is 0 Å². The summed E-state index contributed by atoms with van der Waals surface area (Å²) in [6, 6.07) is 19.0. The van der Waals surface area contributed by atoms with E-state index in [1.807, 2.05) is 61.5 Å².